The van der Waals surface area contributed by atoms with Crippen molar-refractivity contribution >= 4 is 17.7 Å². The van der Waals surface area contributed by atoms with Gasteiger partial charge < -0.3 is 11.1 Å². The minimum absolute atomic E-state index is 0.322. The van der Waals surface area contributed by atoms with Crippen LogP contribution in [0.15, 0.2) is 0 Å². The molecule has 0 fully saturated rings. The molecule has 6 nitrogen and oxygen atoms in total. The summed E-state index contributed by atoms with van der Waals surface area (Å²) in [5, 5.41) is 2.39. The van der Waals surface area contributed by atoms with Gasteiger partial charge in [-0.05, 0) is 13.8 Å². The summed E-state index contributed by atoms with van der Waals surface area (Å²) in [6, 6.07) is -1.46. The van der Waals surface area contributed by atoms with E-state index in [1.807, 2.05) is 0 Å². The summed E-state index contributed by atoms with van der Waals surface area (Å²) >= 11 is 0. The van der Waals surface area contributed by atoms with Crippen molar-refractivity contribution in [1.29, 1.82) is 0 Å². The van der Waals surface area contributed by atoms with Gasteiger partial charge in [0.05, 0.1) is 6.04 Å². The smallest absolute Gasteiger partial charge is 0.251 e. The molecule has 0 saturated heterocycles. The van der Waals surface area contributed by atoms with Crippen molar-refractivity contribution in [3.8, 4) is 0 Å². The van der Waals surface area contributed by atoms with Crippen LogP contribution in [0.2, 0.25) is 0 Å². The van der Waals surface area contributed by atoms with Gasteiger partial charge in [0.2, 0.25) is 11.8 Å². The van der Waals surface area contributed by atoms with Crippen molar-refractivity contribution in [2.75, 3.05) is 7.05 Å². The largest absolute Gasteiger partial charge is 0.345 e. The average Bonchev–Trinajstić information content (AvgIpc) is 2.13. The van der Waals surface area contributed by atoms with Gasteiger partial charge >= 0.3 is 0 Å². The van der Waals surface area contributed by atoms with Gasteiger partial charge in [-0.15, -0.1) is 0 Å². The fourth-order valence-electron chi connectivity index (χ4n) is 1.07. The van der Waals surface area contributed by atoms with Gasteiger partial charge in [0.1, 0.15) is 6.04 Å². The van der Waals surface area contributed by atoms with Crippen LogP contribution in [0.3, 0.4) is 0 Å². The normalized spacial score (nSPS) is 13.9. The van der Waals surface area contributed by atoms with Crippen LogP contribution in [-0.2, 0) is 14.4 Å². The Labute approximate surface area is 88.8 Å². The highest BCUT2D eigenvalue weighted by molar-refractivity contribution is 6.00. The Morgan fingerprint density at radius 1 is 1.20 bits per heavy atom. The highest BCUT2D eigenvalue weighted by atomic mass is 16.2. The maximum Gasteiger partial charge on any atom is 0.251 e. The third kappa shape index (κ3) is 4.07. The quantitative estimate of drug-likeness (QED) is 0.621. The third-order valence-electron chi connectivity index (χ3n) is 1.84. The van der Waals surface area contributed by atoms with E-state index in [0.717, 1.165) is 4.90 Å². The van der Waals surface area contributed by atoms with Crippen LogP contribution in [0.25, 0.3) is 0 Å². The summed E-state index contributed by atoms with van der Waals surface area (Å²) in [5.74, 6) is -1.28. The Balaban J connectivity index is 4.44. The van der Waals surface area contributed by atoms with Crippen LogP contribution in [0.5, 0.6) is 0 Å². The monoisotopic (exact) mass is 215 g/mol. The molecule has 2 atom stereocenters. The standard InChI is InChI=1S/C9H17N3O3/c1-5(10)8(14)12(4)9(15)6(2)11-7(3)13/h5-6H,10H2,1-4H3,(H,11,13)/t5-,6-/m0/s1. The number of imide groups is 1. The van der Waals surface area contributed by atoms with Crippen molar-refractivity contribution in [2.24, 2.45) is 5.73 Å². The number of hydrogen-bond donors (Lipinski definition) is 2. The van der Waals surface area contributed by atoms with Crippen molar-refractivity contribution in [1.82, 2.24) is 10.2 Å². The second kappa shape index (κ2) is 5.45. The van der Waals surface area contributed by atoms with Crippen LogP contribution < -0.4 is 11.1 Å². The van der Waals surface area contributed by atoms with E-state index in [9.17, 15) is 14.4 Å². The van der Waals surface area contributed by atoms with E-state index in [1.54, 1.807) is 0 Å². The maximum absolute atomic E-state index is 11.6. The average molecular weight is 215 g/mol. The van der Waals surface area contributed by atoms with E-state index in [4.69, 9.17) is 5.73 Å². The van der Waals surface area contributed by atoms with Crippen molar-refractivity contribution in [2.45, 2.75) is 32.9 Å². The summed E-state index contributed by atoms with van der Waals surface area (Å²) in [6.45, 7) is 4.31. The molecule has 0 aliphatic carbocycles. The lowest BCUT2D eigenvalue weighted by Gasteiger charge is -2.21. The van der Waals surface area contributed by atoms with Crippen molar-refractivity contribution in [3.63, 3.8) is 0 Å². The molecule has 0 rings (SSSR count). The first kappa shape index (κ1) is 13.6. The molecule has 0 aromatic carbocycles. The van der Waals surface area contributed by atoms with Crippen LogP contribution in [-0.4, -0.2) is 41.8 Å². The predicted molar refractivity (Wildman–Crippen MR) is 54.7 cm³/mol. The van der Waals surface area contributed by atoms with Gasteiger partial charge in [0.15, 0.2) is 0 Å². The Morgan fingerprint density at radius 2 is 1.67 bits per heavy atom. The molecule has 0 radical (unpaired) electrons. The molecule has 0 bridgehead atoms. The SMILES string of the molecule is CC(=O)N[C@@H](C)C(=O)N(C)C(=O)[C@H](C)N. The number of likely N-dealkylation sites (N-methyl/N-ethyl adjacent to an activating group) is 1. The first-order valence-electron chi connectivity index (χ1n) is 4.61. The second-order valence-electron chi connectivity index (χ2n) is 3.45. The van der Waals surface area contributed by atoms with Crippen LogP contribution in [0.4, 0.5) is 0 Å². The summed E-state index contributed by atoms with van der Waals surface area (Å²) in [4.78, 5) is 34.5. The molecule has 0 unspecified atom stereocenters. The van der Waals surface area contributed by atoms with Gasteiger partial charge in [-0.3, -0.25) is 19.3 Å². The highest BCUT2D eigenvalue weighted by Crippen LogP contribution is 1.95. The lowest BCUT2D eigenvalue weighted by atomic mass is 10.2. The zero-order valence-electron chi connectivity index (χ0n) is 9.40. The van der Waals surface area contributed by atoms with Gasteiger partial charge in [0.25, 0.3) is 5.91 Å². The van der Waals surface area contributed by atoms with E-state index in [-0.39, 0.29) is 5.91 Å². The number of amides is 3. The van der Waals surface area contributed by atoms with Crippen molar-refractivity contribution in [3.05, 3.63) is 0 Å². The van der Waals surface area contributed by atoms with Crippen LogP contribution in [0, 0.1) is 0 Å². The topological polar surface area (TPSA) is 92.5 Å². The van der Waals surface area contributed by atoms with Crippen LogP contribution >= 0.6 is 0 Å². The Morgan fingerprint density at radius 3 is 2.00 bits per heavy atom. The molecule has 86 valence electrons. The van der Waals surface area contributed by atoms with E-state index >= 15 is 0 Å². The zero-order valence-corrected chi connectivity index (χ0v) is 9.40. The predicted octanol–water partition coefficient (Wildman–Crippen LogP) is -1.16. The number of carbonyl (C=O) groups is 3. The van der Waals surface area contributed by atoms with E-state index in [2.05, 4.69) is 5.32 Å². The lowest BCUT2D eigenvalue weighted by molar-refractivity contribution is -0.145. The lowest BCUT2D eigenvalue weighted by Crippen LogP contribution is -2.50. The number of hydrogen-bond acceptors (Lipinski definition) is 4. The molecule has 3 amide bonds. The molecule has 15 heavy (non-hydrogen) atoms. The molecular weight excluding hydrogens is 198 g/mol. The van der Waals surface area contributed by atoms with Gasteiger partial charge in [-0.25, -0.2) is 0 Å². The number of rotatable bonds is 3. The van der Waals surface area contributed by atoms with E-state index in [1.165, 1.54) is 27.8 Å². The molecule has 0 spiro atoms. The Bertz CT molecular complexity index is 276. The van der Waals surface area contributed by atoms with Crippen LogP contribution in [0.1, 0.15) is 20.8 Å². The maximum atomic E-state index is 11.6. The van der Waals surface area contributed by atoms with Gasteiger partial charge in [0, 0.05) is 14.0 Å². The zero-order chi connectivity index (χ0) is 12.2. The van der Waals surface area contributed by atoms with Gasteiger partial charge in [-0.2, -0.15) is 0 Å². The number of carbonyl (C=O) groups excluding carboxylic acids is 3. The fourth-order valence-corrected chi connectivity index (χ4v) is 1.07. The van der Waals surface area contributed by atoms with Crippen molar-refractivity contribution < 1.29 is 14.4 Å². The fraction of sp³-hybridized carbons (Fsp3) is 0.667. The third-order valence-corrected chi connectivity index (χ3v) is 1.84. The number of nitrogens with two attached hydrogens (primary N) is 1. The number of nitrogens with zero attached hydrogens (tertiary/aromatic N) is 1. The van der Waals surface area contributed by atoms with E-state index in [0.29, 0.717) is 0 Å². The second-order valence-corrected chi connectivity index (χ2v) is 3.45. The van der Waals surface area contributed by atoms with E-state index < -0.39 is 23.9 Å². The number of nitrogens with one attached hydrogen (secondary N) is 1. The van der Waals surface area contributed by atoms with Gasteiger partial charge in [-0.1, -0.05) is 0 Å². The molecule has 0 aromatic heterocycles. The molecule has 6 heteroatoms. The first-order valence-corrected chi connectivity index (χ1v) is 4.61. The molecule has 0 saturated carbocycles. The molecule has 0 heterocycles. The summed E-state index contributed by atoms with van der Waals surface area (Å²) < 4.78 is 0. The summed E-state index contributed by atoms with van der Waals surface area (Å²) in [6.07, 6.45) is 0. The minimum Gasteiger partial charge on any atom is -0.345 e. The Kier molecular flexibility index (Phi) is 4.93. The Hall–Kier alpha value is -1.43. The minimum atomic E-state index is -0.733. The molecule has 0 aromatic rings. The summed E-state index contributed by atoms with van der Waals surface area (Å²) in [7, 11) is 1.34. The molecule has 0 aliphatic heterocycles. The molecule has 0 aliphatic rings. The first-order chi connectivity index (χ1) is 6.77. The highest BCUT2D eigenvalue weighted by Gasteiger charge is 2.24. The molecular formula is C9H17N3O3. The summed E-state index contributed by atoms with van der Waals surface area (Å²) in [5.41, 5.74) is 5.35. The molecule has 3 N–H and O–H groups in total.